The second-order valence-electron chi connectivity index (χ2n) is 3.34. The van der Waals surface area contributed by atoms with E-state index in [0.29, 0.717) is 11.0 Å². The van der Waals surface area contributed by atoms with Crippen LogP contribution in [0.25, 0.3) is 21.7 Å². The van der Waals surface area contributed by atoms with Crippen molar-refractivity contribution < 1.29 is 4.42 Å². The Kier molecular flexibility index (Phi) is 1.62. The summed E-state index contributed by atoms with van der Waals surface area (Å²) in [5.41, 5.74) is 0.291. The van der Waals surface area contributed by atoms with Gasteiger partial charge in [-0.3, -0.25) is 0 Å². The lowest BCUT2D eigenvalue weighted by Gasteiger charge is -2.00. The molecule has 2 heteroatoms. The molecule has 71 valence electrons. The van der Waals surface area contributed by atoms with E-state index >= 15 is 0 Å². The second kappa shape index (κ2) is 2.95. The molecule has 2 nitrogen and oxygen atoms in total. The number of fused-ring (bicyclic) bond motifs is 3. The third-order valence-electron chi connectivity index (χ3n) is 2.44. The van der Waals surface area contributed by atoms with Crippen LogP contribution in [-0.2, 0) is 0 Å². The zero-order chi connectivity index (χ0) is 10.3. The van der Waals surface area contributed by atoms with Gasteiger partial charge in [-0.15, -0.1) is 0 Å². The summed E-state index contributed by atoms with van der Waals surface area (Å²) >= 11 is 0. The van der Waals surface area contributed by atoms with Crippen molar-refractivity contribution in [2.75, 3.05) is 0 Å². The summed E-state index contributed by atoms with van der Waals surface area (Å²) in [6, 6.07) is 15.9. The fourth-order valence-corrected chi connectivity index (χ4v) is 1.75. The minimum absolute atomic E-state index is 0.294. The summed E-state index contributed by atoms with van der Waals surface area (Å²) in [4.78, 5) is 11.6. The molecule has 0 aliphatic carbocycles. The van der Waals surface area contributed by atoms with Crippen LogP contribution in [0.15, 0.2) is 51.7 Å². The molecule has 0 amide bonds. The van der Waals surface area contributed by atoms with E-state index in [9.17, 15) is 4.79 Å². The van der Waals surface area contributed by atoms with Gasteiger partial charge in [0.2, 0.25) is 0 Å². The minimum Gasteiger partial charge on any atom is -0.422 e. The summed E-state index contributed by atoms with van der Waals surface area (Å²) in [6.45, 7) is 0. The van der Waals surface area contributed by atoms with Gasteiger partial charge in [0.25, 0.3) is 0 Å². The summed E-state index contributed by atoms with van der Waals surface area (Å²) in [7, 11) is 0. The molecule has 3 aromatic rings. The van der Waals surface area contributed by atoms with Crippen molar-refractivity contribution in [3.8, 4) is 0 Å². The average Bonchev–Trinajstić information content (AvgIpc) is 2.30. The van der Waals surface area contributed by atoms with Gasteiger partial charge in [-0.2, -0.15) is 0 Å². The van der Waals surface area contributed by atoms with Gasteiger partial charge in [0, 0.05) is 10.8 Å². The van der Waals surface area contributed by atoms with Crippen molar-refractivity contribution >= 4 is 21.7 Å². The van der Waals surface area contributed by atoms with Crippen molar-refractivity contribution in [1.82, 2.24) is 0 Å². The number of rotatable bonds is 0. The molecule has 0 aliphatic heterocycles. The lowest BCUT2D eigenvalue weighted by atomic mass is 10.1. The van der Waals surface area contributed by atoms with Gasteiger partial charge in [0.15, 0.2) is 0 Å². The number of hydrogen-bond acceptors (Lipinski definition) is 2. The van der Waals surface area contributed by atoms with Crippen LogP contribution in [0.2, 0.25) is 0 Å². The van der Waals surface area contributed by atoms with Crippen LogP contribution in [0.5, 0.6) is 0 Å². The van der Waals surface area contributed by atoms with Crippen LogP contribution in [0.3, 0.4) is 0 Å². The highest BCUT2D eigenvalue weighted by molar-refractivity contribution is 6.03. The maximum atomic E-state index is 11.6. The van der Waals surface area contributed by atoms with E-state index in [1.807, 2.05) is 24.3 Å². The minimum atomic E-state index is -0.294. The smallest absolute Gasteiger partial charge is 0.344 e. The lowest BCUT2D eigenvalue weighted by molar-refractivity contribution is 0.569. The largest absolute Gasteiger partial charge is 0.422 e. The van der Waals surface area contributed by atoms with Gasteiger partial charge in [0.05, 0.1) is 5.39 Å². The van der Waals surface area contributed by atoms with Crippen molar-refractivity contribution in [1.29, 1.82) is 0 Å². The first kappa shape index (κ1) is 8.24. The van der Waals surface area contributed by atoms with Crippen molar-refractivity contribution in [3.63, 3.8) is 0 Å². The maximum absolute atomic E-state index is 11.6. The van der Waals surface area contributed by atoms with Crippen LogP contribution < -0.4 is 5.63 Å². The van der Waals surface area contributed by atoms with E-state index in [0.717, 1.165) is 10.8 Å². The Morgan fingerprint density at radius 3 is 2.67 bits per heavy atom. The first-order chi connectivity index (χ1) is 7.36. The van der Waals surface area contributed by atoms with Gasteiger partial charge in [-0.05, 0) is 18.2 Å². The normalized spacial score (nSPS) is 10.9. The molecule has 0 N–H and O–H groups in total. The third kappa shape index (κ3) is 1.15. The molecule has 0 saturated heterocycles. The van der Waals surface area contributed by atoms with Crippen LogP contribution >= 0.6 is 0 Å². The molecule has 1 radical (unpaired) electrons. The van der Waals surface area contributed by atoms with E-state index in [1.54, 1.807) is 18.2 Å². The Morgan fingerprint density at radius 2 is 1.80 bits per heavy atom. The summed E-state index contributed by atoms with van der Waals surface area (Å²) in [5, 5.41) is 2.35. The molecule has 0 spiro atoms. The molecule has 0 fully saturated rings. The quantitative estimate of drug-likeness (QED) is 0.408. The topological polar surface area (TPSA) is 30.2 Å². The fraction of sp³-hybridized carbons (Fsp3) is 0. The van der Waals surface area contributed by atoms with Crippen molar-refractivity contribution in [2.24, 2.45) is 0 Å². The van der Waals surface area contributed by atoms with Gasteiger partial charge in [-0.25, -0.2) is 4.79 Å². The number of hydrogen-bond donors (Lipinski definition) is 0. The lowest BCUT2D eigenvalue weighted by Crippen LogP contribution is -1.98. The van der Waals surface area contributed by atoms with Crippen molar-refractivity contribution in [3.05, 3.63) is 59.0 Å². The van der Waals surface area contributed by atoms with E-state index in [1.165, 1.54) is 0 Å². The van der Waals surface area contributed by atoms with E-state index in [2.05, 4.69) is 6.07 Å². The highest BCUT2D eigenvalue weighted by atomic mass is 16.4. The molecule has 0 bridgehead atoms. The van der Waals surface area contributed by atoms with Crippen molar-refractivity contribution in [2.45, 2.75) is 0 Å². The van der Waals surface area contributed by atoms with Gasteiger partial charge in [0.1, 0.15) is 5.58 Å². The molecular weight excluding hydrogens is 188 g/mol. The summed E-state index contributed by atoms with van der Waals surface area (Å²) in [6.07, 6.45) is 0. The molecular formula is C13H7O2. The van der Waals surface area contributed by atoms with Gasteiger partial charge >= 0.3 is 5.63 Å². The SMILES string of the molecule is O=c1oc2ccc[c]c2c2ccccc12. The Labute approximate surface area is 85.8 Å². The van der Waals surface area contributed by atoms with Crippen LogP contribution in [0.1, 0.15) is 0 Å². The Morgan fingerprint density at radius 1 is 1.00 bits per heavy atom. The average molecular weight is 195 g/mol. The Bertz CT molecular complexity index is 695. The Balaban J connectivity index is 2.70. The summed E-state index contributed by atoms with van der Waals surface area (Å²) < 4.78 is 5.19. The van der Waals surface area contributed by atoms with Crippen LogP contribution in [-0.4, -0.2) is 0 Å². The molecule has 15 heavy (non-hydrogen) atoms. The molecule has 0 saturated carbocycles. The predicted octanol–water partition coefficient (Wildman–Crippen LogP) is 2.75. The van der Waals surface area contributed by atoms with E-state index < -0.39 is 0 Å². The highest BCUT2D eigenvalue weighted by Crippen LogP contribution is 2.21. The van der Waals surface area contributed by atoms with E-state index in [4.69, 9.17) is 4.42 Å². The molecule has 0 atom stereocenters. The first-order valence-electron chi connectivity index (χ1n) is 4.68. The molecule has 0 aliphatic rings. The molecule has 3 rings (SSSR count). The summed E-state index contributed by atoms with van der Waals surface area (Å²) in [5.74, 6) is 0. The molecule has 1 heterocycles. The molecule has 0 unspecified atom stereocenters. The Hall–Kier alpha value is -2.09. The van der Waals surface area contributed by atoms with Crippen LogP contribution in [0.4, 0.5) is 0 Å². The van der Waals surface area contributed by atoms with Gasteiger partial charge in [-0.1, -0.05) is 30.3 Å². The predicted molar refractivity (Wildman–Crippen MR) is 58.8 cm³/mol. The third-order valence-corrected chi connectivity index (χ3v) is 2.44. The molecule has 1 aromatic heterocycles. The standard InChI is InChI=1S/C13H7O2/c14-13-11-7-2-1-5-9(11)10-6-3-4-8-12(10)15-13/h1-5,7-8H. The maximum Gasteiger partial charge on any atom is 0.344 e. The fourth-order valence-electron chi connectivity index (χ4n) is 1.75. The zero-order valence-corrected chi connectivity index (χ0v) is 7.86. The monoisotopic (exact) mass is 195 g/mol. The van der Waals surface area contributed by atoms with Crippen LogP contribution in [0, 0.1) is 6.07 Å². The first-order valence-corrected chi connectivity index (χ1v) is 4.68. The molecule has 2 aromatic carbocycles. The highest BCUT2D eigenvalue weighted by Gasteiger charge is 2.04. The van der Waals surface area contributed by atoms with Gasteiger partial charge < -0.3 is 4.42 Å². The number of benzene rings is 2. The zero-order valence-electron chi connectivity index (χ0n) is 7.86. The second-order valence-corrected chi connectivity index (χ2v) is 3.34. The van der Waals surface area contributed by atoms with E-state index in [-0.39, 0.29) is 5.63 Å².